The van der Waals surface area contributed by atoms with Gasteiger partial charge in [-0.05, 0) is 80.9 Å². The third kappa shape index (κ3) is 30.5. The Morgan fingerprint density at radius 2 is 0.708 bits per heavy atom. The van der Waals surface area contributed by atoms with Gasteiger partial charge in [0.05, 0.1) is 23.7 Å². The minimum atomic E-state index is -1.03. The monoisotopic (exact) mass is 1580 g/mol. The molecule has 3 saturated heterocycles. The van der Waals surface area contributed by atoms with Gasteiger partial charge >= 0.3 is 35.8 Å². The number of ether oxygens (including phenoxy) is 12. The van der Waals surface area contributed by atoms with Crippen molar-refractivity contribution in [2.45, 2.75) is 252 Å². The Morgan fingerprint density at radius 3 is 1.05 bits per heavy atom. The van der Waals surface area contributed by atoms with E-state index in [4.69, 9.17) is 56.8 Å². The van der Waals surface area contributed by atoms with Gasteiger partial charge in [-0.3, -0.25) is 62.4 Å². The Labute approximate surface area is 663 Å². The van der Waals surface area contributed by atoms with Crippen molar-refractivity contribution < 1.29 is 114 Å². The van der Waals surface area contributed by atoms with Crippen molar-refractivity contribution >= 4 is 71.1 Å². The van der Waals surface area contributed by atoms with E-state index in [1.807, 2.05) is 59.5 Å². The van der Waals surface area contributed by atoms with Crippen LogP contribution in [0.25, 0.3) is 0 Å². The highest BCUT2D eigenvalue weighted by atomic mass is 16.7. The first-order chi connectivity index (χ1) is 54.0. The average molecular weight is 1590 g/mol. The van der Waals surface area contributed by atoms with Crippen molar-refractivity contribution in [2.75, 3.05) is 72.4 Å². The van der Waals surface area contributed by atoms with Crippen LogP contribution in [0.4, 0.5) is 0 Å². The van der Waals surface area contributed by atoms with E-state index < -0.39 is 133 Å². The van der Waals surface area contributed by atoms with Crippen LogP contribution in [-0.2, 0) is 120 Å². The summed E-state index contributed by atoms with van der Waals surface area (Å²) in [5.41, 5.74) is 2.13. The third-order valence-corrected chi connectivity index (χ3v) is 20.1. The molecule has 3 aromatic rings. The Kier molecular flexibility index (Phi) is 39.9. The van der Waals surface area contributed by atoms with Crippen molar-refractivity contribution in [1.29, 1.82) is 0 Å². The second-order valence-corrected chi connectivity index (χ2v) is 29.2. The number of ketones is 1. The molecule has 0 bridgehead atoms. The maximum atomic E-state index is 14.8. The molecule has 3 aliphatic heterocycles. The van der Waals surface area contributed by atoms with E-state index in [1.54, 1.807) is 20.8 Å². The number of rotatable bonds is 47. The summed E-state index contributed by atoms with van der Waals surface area (Å²) in [5, 5.41) is 11.7. The van der Waals surface area contributed by atoms with Crippen LogP contribution < -0.4 is 21.3 Å². The molecule has 3 aromatic carbocycles. The zero-order chi connectivity index (χ0) is 82.6. The number of nitrogens with one attached hydrogen (secondary N) is 4. The number of unbranched alkanes of at least 4 members (excludes halogenated alkanes) is 4. The van der Waals surface area contributed by atoms with Crippen LogP contribution in [0.15, 0.2) is 91.0 Å². The first-order valence-corrected chi connectivity index (χ1v) is 39.5. The number of carbonyl (C=O) groups excluding carboxylic acids is 12. The van der Waals surface area contributed by atoms with Crippen LogP contribution in [0.1, 0.15) is 190 Å². The molecule has 626 valence electrons. The van der Waals surface area contributed by atoms with E-state index in [0.29, 0.717) is 96.9 Å². The summed E-state index contributed by atoms with van der Waals surface area (Å²) >= 11 is 0. The molecule has 3 aliphatic rings. The molecule has 0 radical (unpaired) electrons. The molecule has 0 spiro atoms. The number of carbonyl (C=O) groups is 12. The van der Waals surface area contributed by atoms with E-state index in [0.717, 1.165) is 16.7 Å². The highest BCUT2D eigenvalue weighted by Crippen LogP contribution is 2.43. The minimum Gasteiger partial charge on any atom is -0.463 e. The summed E-state index contributed by atoms with van der Waals surface area (Å²) in [6, 6.07) is 28.5. The Bertz CT molecular complexity index is 3420. The van der Waals surface area contributed by atoms with E-state index in [9.17, 15) is 57.5 Å². The van der Waals surface area contributed by atoms with Gasteiger partial charge in [-0.1, -0.05) is 112 Å². The molecular formula is C83H120N6O24. The topological polar surface area (TPSA) is 370 Å². The number of hydrogen-bond acceptors (Lipinski definition) is 25. The van der Waals surface area contributed by atoms with E-state index in [1.165, 1.54) is 62.3 Å². The summed E-state index contributed by atoms with van der Waals surface area (Å²) in [4.78, 5) is 156. The maximum Gasteiger partial charge on any atom is 0.303 e. The number of hydrogen-bond donors (Lipinski definition) is 4. The van der Waals surface area contributed by atoms with Gasteiger partial charge < -0.3 is 83.0 Å². The number of esters is 6. The summed E-state index contributed by atoms with van der Waals surface area (Å²) in [6.45, 7) is 18.7. The largest absolute Gasteiger partial charge is 0.463 e. The fraction of sp³-hybridized carbons (Fsp3) is 0.639. The van der Waals surface area contributed by atoms with Crippen molar-refractivity contribution in [3.05, 3.63) is 108 Å². The molecule has 113 heavy (non-hydrogen) atoms. The molecule has 6 unspecified atom stereocenters. The quantitative estimate of drug-likeness (QED) is 0.0185. The fourth-order valence-corrected chi connectivity index (χ4v) is 14.9. The molecule has 30 nitrogen and oxygen atoms in total. The van der Waals surface area contributed by atoms with Crippen LogP contribution in [0, 0.1) is 17.8 Å². The predicted octanol–water partition coefficient (Wildman–Crippen LogP) is 7.39. The van der Waals surface area contributed by atoms with Gasteiger partial charge in [0.25, 0.3) is 0 Å². The summed E-state index contributed by atoms with van der Waals surface area (Å²) in [7, 11) is 0. The van der Waals surface area contributed by atoms with Gasteiger partial charge in [0.1, 0.15) is 62.2 Å². The molecule has 3 heterocycles. The Balaban J connectivity index is 1.16. The molecule has 0 saturated carbocycles. The zero-order valence-corrected chi connectivity index (χ0v) is 67.7. The number of nitrogens with zero attached hydrogens (tertiary/aromatic N) is 2. The van der Waals surface area contributed by atoms with Crippen molar-refractivity contribution in [2.24, 2.45) is 17.8 Å². The highest BCUT2D eigenvalue weighted by molar-refractivity contribution is 5.79. The van der Waals surface area contributed by atoms with Gasteiger partial charge in [0.15, 0.2) is 18.9 Å². The molecule has 30 heteroatoms. The SMILES string of the molecule is CC(=O)NC1[C@H](OCCCCC(=O)CCCCN(CCCN(CCCNC(=O)CCCCO[C@@H]2OC(COC(C)=O)[C@H](OC(C)=O)[C@H](C)C2NC(C)=O)C(c2ccccc2)(c2ccccc2)c2ccccc2)C(=O)CCCCO[C@@H]2OC(COC(C)=O)[C@H](OC(C)=O)[C@H](C)C2NC(C)=O)OC(COC(C)=O)[C@H](OC(C)=O)[C@@H]1C. The zero-order valence-electron chi connectivity index (χ0n) is 67.7. The Morgan fingerprint density at radius 1 is 0.381 bits per heavy atom. The van der Waals surface area contributed by atoms with E-state index in [-0.39, 0.29) is 101 Å². The standard InChI is InChI=1S/C83H120N6O24/c1-53-74(85-56(4)90)80(111-69(50-105-59(7)93)77(53)108-62(10)96)102-47-27-23-39-68(99)38-22-26-43-88(73(101)41-25-29-49-104-82-76(87-58(6)92)55(3)79(110-64(12)98)71(113-82)52-107-61(9)95)44-31-46-89(83(65-32-16-13-17-33-65,66-34-18-14-19-35-66)67-36-20-15-21-37-67)45-30-42-84-72(100)40-24-28-48-103-81-75(86-57(5)91)54(2)78(109-63(11)97)70(112-81)51-106-60(8)94/h13-21,32-37,53-55,69-71,74-82H,22-31,38-52H2,1-12H3,(H,84,100)(H,85,90)(H,86,91)(H,87,92)/t53-,54-,55-,69?,70?,71?,74?,75?,76?,77-,78-,79-,80-,81-,82-/m1/s1. The molecule has 0 aromatic heterocycles. The van der Waals surface area contributed by atoms with Crippen LogP contribution in [0.3, 0.4) is 0 Å². The maximum absolute atomic E-state index is 14.8. The first-order valence-electron chi connectivity index (χ1n) is 39.5. The molecule has 15 atom stereocenters. The van der Waals surface area contributed by atoms with Crippen molar-refractivity contribution in [1.82, 2.24) is 31.1 Å². The Hall–Kier alpha value is -8.78. The van der Waals surface area contributed by atoms with Gasteiger partial charge in [0, 0.05) is 158 Å². The van der Waals surface area contributed by atoms with Crippen molar-refractivity contribution in [3.8, 4) is 0 Å². The van der Waals surface area contributed by atoms with Crippen molar-refractivity contribution in [3.63, 3.8) is 0 Å². The number of Topliss-reactive ketones (excluding diaryl/α,β-unsaturated/α-hetero) is 1. The molecule has 4 N–H and O–H groups in total. The average Bonchev–Trinajstić information content (AvgIpc) is 0.710. The lowest BCUT2D eigenvalue weighted by Gasteiger charge is -2.46. The molecule has 0 aliphatic carbocycles. The minimum absolute atomic E-state index is 0.0335. The molecular weight excluding hydrogens is 1460 g/mol. The van der Waals surface area contributed by atoms with Gasteiger partial charge in [0.2, 0.25) is 29.5 Å². The molecule has 3 fully saturated rings. The van der Waals surface area contributed by atoms with Crippen LogP contribution >= 0.6 is 0 Å². The first kappa shape index (κ1) is 93.1. The van der Waals surface area contributed by atoms with Gasteiger partial charge in [-0.25, -0.2) is 0 Å². The number of benzene rings is 3. The lowest BCUT2D eigenvalue weighted by atomic mass is 9.75. The van der Waals surface area contributed by atoms with Gasteiger partial charge in [-0.2, -0.15) is 0 Å². The number of amides is 5. The lowest BCUT2D eigenvalue weighted by Crippen LogP contribution is -2.62. The summed E-state index contributed by atoms with van der Waals surface area (Å²) in [5.74, 6) is -6.20. The van der Waals surface area contributed by atoms with E-state index in [2.05, 4.69) is 62.6 Å². The summed E-state index contributed by atoms with van der Waals surface area (Å²) < 4.78 is 69.8. The summed E-state index contributed by atoms with van der Waals surface area (Å²) in [6.07, 6.45) is -2.63. The van der Waals surface area contributed by atoms with Crippen LogP contribution in [0.5, 0.6) is 0 Å². The van der Waals surface area contributed by atoms with E-state index >= 15 is 0 Å². The third-order valence-electron chi connectivity index (χ3n) is 20.1. The highest BCUT2D eigenvalue weighted by Gasteiger charge is 2.50. The predicted molar refractivity (Wildman–Crippen MR) is 411 cm³/mol. The van der Waals surface area contributed by atoms with Crippen LogP contribution in [0.2, 0.25) is 0 Å². The second-order valence-electron chi connectivity index (χ2n) is 29.2. The normalized spacial score (nSPS) is 23.5. The smallest absolute Gasteiger partial charge is 0.303 e. The molecule has 6 rings (SSSR count). The molecule has 5 amide bonds. The lowest BCUT2D eigenvalue weighted by molar-refractivity contribution is -0.262. The second kappa shape index (κ2) is 48.4. The van der Waals surface area contributed by atoms with Crippen LogP contribution in [-0.4, -0.2) is 227 Å². The fourth-order valence-electron chi connectivity index (χ4n) is 14.9. The van der Waals surface area contributed by atoms with Gasteiger partial charge in [-0.15, -0.1) is 0 Å².